The minimum Gasteiger partial charge on any atom is -0.481 e. The third-order valence-corrected chi connectivity index (χ3v) is 13.1. The number of carboxylic acids is 2. The molecule has 0 aromatic heterocycles. The second-order valence-corrected chi connectivity index (χ2v) is 18.7. The molecule has 0 spiro atoms. The monoisotopic (exact) mass is 1050 g/mol. The lowest BCUT2D eigenvalue weighted by atomic mass is 10.1. The van der Waals surface area contributed by atoms with Gasteiger partial charge in [0.15, 0.2) is 5.96 Å². The van der Waals surface area contributed by atoms with E-state index >= 15 is 0 Å². The lowest BCUT2D eigenvalue weighted by molar-refractivity contribution is -0.143. The lowest BCUT2D eigenvalue weighted by Crippen LogP contribution is -2.58. The van der Waals surface area contributed by atoms with Crippen molar-refractivity contribution in [1.29, 1.82) is 0 Å². The largest absolute Gasteiger partial charge is 0.481 e. The van der Waals surface area contributed by atoms with Crippen LogP contribution in [0.15, 0.2) is 4.99 Å². The Morgan fingerprint density at radius 2 is 1.29 bits per heavy atom. The average molecular weight is 1050 g/mol. The highest BCUT2D eigenvalue weighted by Crippen LogP contribution is 2.24. The molecule has 70 heavy (non-hydrogen) atoms. The fourth-order valence-electron chi connectivity index (χ4n) is 6.62. The van der Waals surface area contributed by atoms with E-state index in [1.54, 1.807) is 0 Å². The molecule has 2 heterocycles. The quantitative estimate of drug-likeness (QED) is 0.0224. The summed E-state index contributed by atoms with van der Waals surface area (Å²) in [6.45, 7) is -1.37. The summed E-state index contributed by atoms with van der Waals surface area (Å²) in [6, 6.07) is -11.8. The number of aliphatic imine (C=N–C) groups is 1. The van der Waals surface area contributed by atoms with Crippen molar-refractivity contribution in [2.45, 2.75) is 106 Å². The Morgan fingerprint density at radius 3 is 1.87 bits per heavy atom. The van der Waals surface area contributed by atoms with Gasteiger partial charge in [-0.2, -0.15) is 12.6 Å². The molecule has 2 unspecified atom stereocenters. The molecule has 10 amide bonds. The molecule has 392 valence electrons. The van der Waals surface area contributed by atoms with Gasteiger partial charge < -0.3 is 86.3 Å². The standard InChI is InChI=1S/C38H63N15O14S3/c39-8-2-1-5-19-33(63)46-14-27(55)53-10-4-7-25(53)37(67)50-22(12-29(58)59)35(65)51-23(30(41)60)16-69-70-17-24(52-31(61)18(40)15-68)36(66)49-20(6-3-9-44-38(42)43)32(62)45-13-26(54)47-21(11-28(56)57)34(64)48-19/h18-25,68H,1-17,39-40H2,(H2,41,60)(H,45,62)(H,46,63)(H,47,54)(H,48,64)(H,49,66)(H,50,67)(H,51,65)(H,52,61)(H,56,57)(H,58,59)(H4,42,43,44)/t18-,19+,20+,21+,22+,23?,24+,25?/m1/s1. The third kappa shape index (κ3) is 21.7. The van der Waals surface area contributed by atoms with Crippen LogP contribution in [0.1, 0.15) is 57.8 Å². The van der Waals surface area contributed by atoms with Gasteiger partial charge in [0.25, 0.3) is 0 Å². The summed E-state index contributed by atoms with van der Waals surface area (Å²) >= 11 is 4.01. The van der Waals surface area contributed by atoms with Gasteiger partial charge in [-0.1, -0.05) is 21.6 Å². The average Bonchev–Trinajstić information content (AvgIpc) is 3.80. The number of nitrogens with two attached hydrogens (primary N) is 5. The minimum absolute atomic E-state index is 0.0145. The number of hydrogen-bond acceptors (Lipinski definition) is 18. The Balaban J connectivity index is 2.59. The van der Waals surface area contributed by atoms with Crippen molar-refractivity contribution in [3.63, 3.8) is 0 Å². The second kappa shape index (κ2) is 31.2. The Bertz CT molecular complexity index is 1950. The summed E-state index contributed by atoms with van der Waals surface area (Å²) in [5.41, 5.74) is 27.8. The van der Waals surface area contributed by atoms with E-state index in [9.17, 15) is 67.7 Å². The van der Waals surface area contributed by atoms with Gasteiger partial charge in [0.1, 0.15) is 42.3 Å². The SMILES string of the molecule is NCCCC[C@@H]1NC(=O)[C@H](CC(=O)O)NC(=O)CNC(=O)[C@H](CCCN=C(N)N)NC(=O)[C@@H](NC(=O)[C@H](N)CS)CSSCC(C(N)=O)NC(=O)[C@H](CC(=O)O)NC(=O)C2CCCN2C(=O)CNC1=O. The highest BCUT2D eigenvalue weighted by molar-refractivity contribution is 8.76. The van der Waals surface area contributed by atoms with Gasteiger partial charge in [-0.15, -0.1) is 0 Å². The number of carbonyl (C=O) groups is 12. The number of amides is 10. The van der Waals surface area contributed by atoms with E-state index in [1.165, 1.54) is 0 Å². The molecule has 0 aromatic carbocycles. The van der Waals surface area contributed by atoms with E-state index in [0.29, 0.717) is 12.8 Å². The van der Waals surface area contributed by atoms with Gasteiger partial charge in [-0.05, 0) is 51.5 Å². The predicted octanol–water partition coefficient (Wildman–Crippen LogP) is -7.61. The molecule has 20 N–H and O–H groups in total. The normalized spacial score (nSPS) is 24.7. The number of nitrogens with one attached hydrogen (secondary N) is 8. The first-order valence-corrected chi connectivity index (χ1v) is 25.0. The van der Waals surface area contributed by atoms with E-state index in [2.05, 4.69) is 60.2 Å². The number of guanidine groups is 1. The van der Waals surface area contributed by atoms with Gasteiger partial charge in [0.05, 0.1) is 32.0 Å². The van der Waals surface area contributed by atoms with Crippen molar-refractivity contribution in [2.24, 2.45) is 33.7 Å². The first kappa shape index (κ1) is 60.0. The van der Waals surface area contributed by atoms with Crippen molar-refractivity contribution < 1.29 is 67.7 Å². The molecule has 0 bridgehead atoms. The molecule has 2 saturated heterocycles. The molecule has 2 fully saturated rings. The van der Waals surface area contributed by atoms with E-state index in [0.717, 1.165) is 26.5 Å². The molecule has 0 aromatic rings. The van der Waals surface area contributed by atoms with E-state index < -0.39 is 145 Å². The maximum absolute atomic E-state index is 13.8. The maximum Gasteiger partial charge on any atom is 0.305 e. The summed E-state index contributed by atoms with van der Waals surface area (Å²) < 4.78 is 0. The van der Waals surface area contributed by atoms with Crippen LogP contribution in [0.5, 0.6) is 0 Å². The molecule has 2 aliphatic heterocycles. The molecule has 0 saturated carbocycles. The molecule has 2 rings (SSSR count). The van der Waals surface area contributed by atoms with Crippen LogP contribution in [0.2, 0.25) is 0 Å². The predicted molar refractivity (Wildman–Crippen MR) is 256 cm³/mol. The highest BCUT2D eigenvalue weighted by Gasteiger charge is 2.38. The lowest BCUT2D eigenvalue weighted by Gasteiger charge is -2.27. The minimum atomic E-state index is -1.81. The van der Waals surface area contributed by atoms with Crippen molar-refractivity contribution in [3.05, 3.63) is 0 Å². The number of nitrogens with zero attached hydrogens (tertiary/aromatic N) is 2. The summed E-state index contributed by atoms with van der Waals surface area (Å²) in [5.74, 6) is -13.8. The van der Waals surface area contributed by atoms with Crippen LogP contribution in [-0.2, 0) is 57.5 Å². The molecular weight excluding hydrogens is 987 g/mol. The topological polar surface area (TPSA) is 487 Å². The second-order valence-electron chi connectivity index (χ2n) is 15.8. The zero-order valence-electron chi connectivity index (χ0n) is 38.0. The number of carbonyl (C=O) groups excluding carboxylic acids is 10. The molecular formula is C38H63N15O14S3. The van der Waals surface area contributed by atoms with E-state index in [-0.39, 0.29) is 75.0 Å². The van der Waals surface area contributed by atoms with Gasteiger partial charge in [-0.25, -0.2) is 0 Å². The number of rotatable bonds is 16. The fourth-order valence-corrected chi connectivity index (χ4v) is 9.13. The van der Waals surface area contributed by atoms with Crippen LogP contribution in [0.25, 0.3) is 0 Å². The number of hydrogen-bond donors (Lipinski definition) is 16. The first-order chi connectivity index (χ1) is 33.1. The molecule has 0 radical (unpaired) electrons. The van der Waals surface area contributed by atoms with E-state index in [4.69, 9.17) is 28.7 Å². The summed E-state index contributed by atoms with van der Waals surface area (Å²) in [7, 11) is 1.77. The molecule has 0 aliphatic carbocycles. The Labute approximate surface area is 414 Å². The summed E-state index contributed by atoms with van der Waals surface area (Å²) in [5, 5.41) is 38.1. The Hall–Kier alpha value is -6.12. The fraction of sp³-hybridized carbons (Fsp3) is 0.658. The van der Waals surface area contributed by atoms with Crippen LogP contribution in [-0.4, -0.2) is 190 Å². The molecule has 2 aliphatic rings. The first-order valence-electron chi connectivity index (χ1n) is 21.8. The maximum atomic E-state index is 13.8. The number of primary amides is 1. The number of carboxylic acid groups (broad SMARTS) is 2. The van der Waals surface area contributed by atoms with Crippen LogP contribution in [0.4, 0.5) is 0 Å². The summed E-state index contributed by atoms with van der Waals surface area (Å²) in [4.78, 5) is 162. The van der Waals surface area contributed by atoms with Crippen molar-refractivity contribution in [3.8, 4) is 0 Å². The van der Waals surface area contributed by atoms with Gasteiger partial charge in [0.2, 0.25) is 59.1 Å². The van der Waals surface area contributed by atoms with Gasteiger partial charge >= 0.3 is 11.9 Å². The molecule has 32 heteroatoms. The Morgan fingerprint density at radius 1 is 0.729 bits per heavy atom. The smallest absolute Gasteiger partial charge is 0.305 e. The Kier molecular flexibility index (Phi) is 26.7. The number of thiol groups is 1. The number of unbranched alkanes of at least 4 members (excludes halogenated alkanes) is 1. The van der Waals surface area contributed by atoms with Crippen LogP contribution < -0.4 is 71.2 Å². The number of aliphatic carboxylic acids is 2. The zero-order valence-corrected chi connectivity index (χ0v) is 40.5. The zero-order chi connectivity index (χ0) is 52.5. The molecule has 29 nitrogen and oxygen atoms in total. The van der Waals surface area contributed by atoms with Gasteiger partial charge in [-0.3, -0.25) is 62.5 Å². The highest BCUT2D eigenvalue weighted by atomic mass is 33.1. The van der Waals surface area contributed by atoms with Crippen molar-refractivity contribution >= 4 is 111 Å². The molecule has 8 atom stereocenters. The van der Waals surface area contributed by atoms with E-state index in [1.807, 2.05) is 0 Å². The third-order valence-electron chi connectivity index (χ3n) is 10.3. The van der Waals surface area contributed by atoms with Crippen molar-refractivity contribution in [2.75, 3.05) is 50.0 Å². The van der Waals surface area contributed by atoms with Crippen LogP contribution >= 0.6 is 34.2 Å². The summed E-state index contributed by atoms with van der Waals surface area (Å²) in [6.07, 6.45) is -1.07. The van der Waals surface area contributed by atoms with Gasteiger partial charge in [0, 0.05) is 30.3 Å². The van der Waals surface area contributed by atoms with Crippen molar-refractivity contribution in [1.82, 2.24) is 47.4 Å². The van der Waals surface area contributed by atoms with Crippen LogP contribution in [0, 0.1) is 0 Å². The number of fused-ring (bicyclic) bond motifs is 1. The van der Waals surface area contributed by atoms with Crippen LogP contribution in [0.3, 0.4) is 0 Å².